The zero-order chi connectivity index (χ0) is 13.1. The molecule has 2 aromatic rings. The first-order chi connectivity index (χ1) is 8.63. The van der Waals surface area contributed by atoms with Gasteiger partial charge in [0.2, 0.25) is 0 Å². The van der Waals surface area contributed by atoms with Crippen molar-refractivity contribution >= 4 is 26.8 Å². The number of likely N-dealkylation sites (N-methyl/N-ethyl adjacent to an activating group) is 1. The van der Waals surface area contributed by atoms with Crippen molar-refractivity contribution in [1.82, 2.24) is 9.47 Å². The van der Waals surface area contributed by atoms with Gasteiger partial charge in [-0.25, -0.2) is 0 Å². The third-order valence-electron chi connectivity index (χ3n) is 2.99. The first-order valence-corrected chi connectivity index (χ1v) is 7.08. The van der Waals surface area contributed by atoms with Gasteiger partial charge >= 0.3 is 0 Å². The van der Waals surface area contributed by atoms with Crippen LogP contribution in [0.3, 0.4) is 0 Å². The molecule has 0 fully saturated rings. The number of halogens is 1. The second kappa shape index (κ2) is 5.67. The number of hydrogen-bond acceptors (Lipinski definition) is 2. The maximum absolute atomic E-state index is 12.3. The van der Waals surface area contributed by atoms with Gasteiger partial charge in [0.1, 0.15) is 0 Å². The zero-order valence-corrected chi connectivity index (χ0v) is 12.3. The fourth-order valence-corrected chi connectivity index (χ4v) is 2.41. The quantitative estimate of drug-likeness (QED) is 0.811. The molecule has 0 radical (unpaired) electrons. The maximum atomic E-state index is 12.3. The molecule has 0 saturated carbocycles. The Labute approximate surface area is 115 Å². The van der Waals surface area contributed by atoms with Gasteiger partial charge in [-0.15, -0.1) is 0 Å². The molecular weight excluding hydrogens is 292 g/mol. The summed E-state index contributed by atoms with van der Waals surface area (Å²) < 4.78 is 1.87. The van der Waals surface area contributed by atoms with Crippen molar-refractivity contribution in [1.29, 1.82) is 0 Å². The van der Waals surface area contributed by atoms with Crippen LogP contribution in [-0.2, 0) is 11.9 Å². The van der Waals surface area contributed by atoms with Crippen LogP contribution >= 0.6 is 15.9 Å². The Morgan fingerprint density at radius 3 is 2.67 bits per heavy atom. The van der Waals surface area contributed by atoms with E-state index in [4.69, 9.17) is 0 Å². The second-order valence-electron chi connectivity index (χ2n) is 4.62. The largest absolute Gasteiger partial charge is 0.308 e. The lowest BCUT2D eigenvalue weighted by atomic mass is 10.1. The Kier molecular flexibility index (Phi) is 4.19. The molecule has 0 atom stereocenters. The highest BCUT2D eigenvalue weighted by Crippen LogP contribution is 2.14. The maximum Gasteiger partial charge on any atom is 0.255 e. The van der Waals surface area contributed by atoms with Crippen molar-refractivity contribution in [3.8, 4) is 0 Å². The van der Waals surface area contributed by atoms with E-state index in [2.05, 4.69) is 20.8 Å². The molecule has 0 aliphatic carbocycles. The van der Waals surface area contributed by atoms with Gasteiger partial charge in [-0.05, 0) is 31.6 Å². The number of para-hydroxylation sites is 1. The van der Waals surface area contributed by atoms with Gasteiger partial charge in [-0.1, -0.05) is 34.1 Å². The van der Waals surface area contributed by atoms with E-state index in [1.165, 1.54) is 0 Å². The van der Waals surface area contributed by atoms with Gasteiger partial charge in [0.25, 0.3) is 5.56 Å². The monoisotopic (exact) mass is 308 g/mol. The van der Waals surface area contributed by atoms with Crippen molar-refractivity contribution in [3.05, 3.63) is 46.2 Å². The van der Waals surface area contributed by atoms with Crippen LogP contribution in [0.15, 0.2) is 35.1 Å². The third-order valence-corrected chi connectivity index (χ3v) is 3.60. The van der Waals surface area contributed by atoms with Crippen LogP contribution in [0.5, 0.6) is 0 Å². The van der Waals surface area contributed by atoms with E-state index in [1.807, 2.05) is 49.0 Å². The van der Waals surface area contributed by atoms with E-state index in [-0.39, 0.29) is 5.56 Å². The number of hydrogen-bond donors (Lipinski definition) is 0. The summed E-state index contributed by atoms with van der Waals surface area (Å²) >= 11 is 3.38. The minimum Gasteiger partial charge on any atom is -0.308 e. The lowest BCUT2D eigenvalue weighted by molar-refractivity contribution is 0.384. The Morgan fingerprint density at radius 1 is 1.28 bits per heavy atom. The molecule has 0 amide bonds. The number of rotatable bonds is 4. The van der Waals surface area contributed by atoms with E-state index in [1.54, 1.807) is 0 Å². The predicted octanol–water partition coefficient (Wildman–Crippen LogP) is 2.46. The summed E-state index contributed by atoms with van der Waals surface area (Å²) in [6.45, 7) is 1.57. The van der Waals surface area contributed by atoms with Crippen LogP contribution in [0, 0.1) is 0 Å². The average Bonchev–Trinajstić information content (AvgIpc) is 2.36. The summed E-state index contributed by atoms with van der Waals surface area (Å²) in [5, 5.41) is 1.71. The molecule has 0 N–H and O–H groups in total. The van der Waals surface area contributed by atoms with Gasteiger partial charge in [0.05, 0.1) is 5.52 Å². The molecule has 0 bridgehead atoms. The third kappa shape index (κ3) is 2.65. The summed E-state index contributed by atoms with van der Waals surface area (Å²) in [5.74, 6) is 0. The SMILES string of the molecule is CN(C)CCn1c(=O)c(CBr)cc2ccccc21. The summed E-state index contributed by atoms with van der Waals surface area (Å²) in [6.07, 6.45) is 0. The highest BCUT2D eigenvalue weighted by Gasteiger charge is 2.08. The Hall–Kier alpha value is -1.13. The van der Waals surface area contributed by atoms with E-state index in [0.29, 0.717) is 11.9 Å². The van der Waals surface area contributed by atoms with Gasteiger partial charge in [-0.2, -0.15) is 0 Å². The number of fused-ring (bicyclic) bond motifs is 1. The van der Waals surface area contributed by atoms with Gasteiger partial charge in [-0.3, -0.25) is 4.79 Å². The molecule has 2 rings (SSSR count). The van der Waals surface area contributed by atoms with E-state index in [9.17, 15) is 4.79 Å². The lowest BCUT2D eigenvalue weighted by Crippen LogP contribution is -2.28. The van der Waals surface area contributed by atoms with Crippen LogP contribution in [0.25, 0.3) is 10.9 Å². The lowest BCUT2D eigenvalue weighted by Gasteiger charge is -2.15. The number of benzene rings is 1. The molecule has 1 aromatic carbocycles. The van der Waals surface area contributed by atoms with Crippen molar-refractivity contribution in [2.45, 2.75) is 11.9 Å². The smallest absolute Gasteiger partial charge is 0.255 e. The van der Waals surface area contributed by atoms with Crippen LogP contribution in [0.1, 0.15) is 5.56 Å². The molecule has 1 aromatic heterocycles. The number of alkyl halides is 1. The highest BCUT2D eigenvalue weighted by molar-refractivity contribution is 9.08. The van der Waals surface area contributed by atoms with Crippen LogP contribution in [0.2, 0.25) is 0 Å². The number of aromatic nitrogens is 1. The average molecular weight is 309 g/mol. The predicted molar refractivity (Wildman–Crippen MR) is 79.4 cm³/mol. The van der Waals surface area contributed by atoms with Gasteiger partial charge in [0, 0.05) is 24.0 Å². The summed E-state index contributed by atoms with van der Waals surface area (Å²) in [5.41, 5.74) is 1.92. The molecule has 0 aliphatic rings. The van der Waals surface area contributed by atoms with E-state index >= 15 is 0 Å². The first-order valence-electron chi connectivity index (χ1n) is 5.95. The summed E-state index contributed by atoms with van der Waals surface area (Å²) in [7, 11) is 4.03. The summed E-state index contributed by atoms with van der Waals surface area (Å²) in [4.78, 5) is 14.4. The minimum absolute atomic E-state index is 0.104. The molecular formula is C14H17BrN2O. The van der Waals surface area contributed by atoms with Crippen molar-refractivity contribution in [2.75, 3.05) is 20.6 Å². The Bertz CT molecular complexity index is 604. The molecule has 0 spiro atoms. The van der Waals surface area contributed by atoms with E-state index < -0.39 is 0 Å². The van der Waals surface area contributed by atoms with Gasteiger partial charge in [0.15, 0.2) is 0 Å². The molecule has 3 nitrogen and oxygen atoms in total. The molecule has 4 heteroatoms. The highest BCUT2D eigenvalue weighted by atomic mass is 79.9. The fourth-order valence-electron chi connectivity index (χ4n) is 2.01. The molecule has 0 aliphatic heterocycles. The van der Waals surface area contributed by atoms with Gasteiger partial charge < -0.3 is 9.47 Å². The zero-order valence-electron chi connectivity index (χ0n) is 10.7. The van der Waals surface area contributed by atoms with Crippen LogP contribution in [0.4, 0.5) is 0 Å². The number of nitrogens with zero attached hydrogens (tertiary/aromatic N) is 2. The Balaban J connectivity index is 2.59. The molecule has 1 heterocycles. The van der Waals surface area contributed by atoms with E-state index in [0.717, 1.165) is 23.0 Å². The number of pyridine rings is 1. The van der Waals surface area contributed by atoms with Crippen molar-refractivity contribution < 1.29 is 0 Å². The Morgan fingerprint density at radius 2 is 2.00 bits per heavy atom. The topological polar surface area (TPSA) is 25.2 Å². The normalized spacial score (nSPS) is 11.3. The molecule has 18 heavy (non-hydrogen) atoms. The molecule has 0 unspecified atom stereocenters. The van der Waals surface area contributed by atoms with Crippen molar-refractivity contribution in [2.24, 2.45) is 0 Å². The summed E-state index contributed by atoms with van der Waals surface area (Å²) in [6, 6.07) is 10.00. The van der Waals surface area contributed by atoms with Crippen LogP contribution < -0.4 is 5.56 Å². The molecule has 96 valence electrons. The van der Waals surface area contributed by atoms with Crippen LogP contribution in [-0.4, -0.2) is 30.1 Å². The standard InChI is InChI=1S/C14H17BrN2O/c1-16(2)7-8-17-13-6-4-3-5-11(13)9-12(10-15)14(17)18/h3-6,9H,7-8,10H2,1-2H3. The van der Waals surface area contributed by atoms with Crippen molar-refractivity contribution in [3.63, 3.8) is 0 Å². The fraction of sp³-hybridized carbons (Fsp3) is 0.357. The minimum atomic E-state index is 0.104. The second-order valence-corrected chi connectivity index (χ2v) is 5.18. The first kappa shape index (κ1) is 13.3. The molecule has 0 saturated heterocycles.